The first-order valence-corrected chi connectivity index (χ1v) is 6.69. The maximum absolute atomic E-state index is 11.7. The Morgan fingerprint density at radius 1 is 1.35 bits per heavy atom. The Bertz CT molecular complexity index is 672. The Kier molecular flexibility index (Phi) is 4.21. The number of anilines is 2. The Morgan fingerprint density at radius 2 is 2.10 bits per heavy atom. The van der Waals surface area contributed by atoms with E-state index < -0.39 is 12.0 Å². The van der Waals surface area contributed by atoms with E-state index in [1.807, 2.05) is 0 Å². The van der Waals surface area contributed by atoms with E-state index in [9.17, 15) is 9.59 Å². The molecule has 1 heterocycles. The Hall–Kier alpha value is -2.12. The molecule has 6 nitrogen and oxygen atoms in total. The van der Waals surface area contributed by atoms with Crippen LogP contribution in [0.25, 0.3) is 0 Å². The van der Waals surface area contributed by atoms with Crippen molar-refractivity contribution in [2.75, 3.05) is 10.6 Å². The number of carboxylic acid groups (broad SMARTS) is 1. The van der Waals surface area contributed by atoms with Crippen LogP contribution in [0, 0.1) is 6.92 Å². The summed E-state index contributed by atoms with van der Waals surface area (Å²) in [5.41, 5.74) is 0.891. The summed E-state index contributed by atoms with van der Waals surface area (Å²) in [7, 11) is 0. The van der Waals surface area contributed by atoms with Crippen molar-refractivity contribution in [2.45, 2.75) is 6.92 Å². The van der Waals surface area contributed by atoms with E-state index >= 15 is 0 Å². The van der Waals surface area contributed by atoms with Crippen LogP contribution in [0.4, 0.5) is 15.6 Å². The molecule has 1 aromatic heterocycles. The lowest BCUT2D eigenvalue weighted by Crippen LogP contribution is -2.19. The van der Waals surface area contributed by atoms with Crippen molar-refractivity contribution >= 4 is 45.8 Å². The molecule has 104 valence electrons. The van der Waals surface area contributed by atoms with Gasteiger partial charge in [0.15, 0.2) is 5.13 Å². The van der Waals surface area contributed by atoms with Crippen LogP contribution in [0.15, 0.2) is 24.3 Å². The predicted molar refractivity (Wildman–Crippen MR) is 77.9 cm³/mol. The molecule has 0 bridgehead atoms. The second-order valence-corrected chi connectivity index (χ2v) is 5.26. The van der Waals surface area contributed by atoms with Gasteiger partial charge in [0.05, 0.1) is 5.69 Å². The minimum absolute atomic E-state index is 0.100. The molecule has 0 aliphatic carbocycles. The standard InChI is InChI=1S/C12H10ClN3O3S/c1-6-9(10(17)18)20-12(14-6)16-11(19)15-8-4-2-3-7(13)5-8/h2-5H,1H3,(H,17,18)(H2,14,15,16,19). The summed E-state index contributed by atoms with van der Waals surface area (Å²) in [5, 5.41) is 14.7. The molecule has 0 spiro atoms. The lowest BCUT2D eigenvalue weighted by molar-refractivity contribution is 0.0701. The molecule has 2 amide bonds. The Morgan fingerprint density at radius 3 is 2.70 bits per heavy atom. The predicted octanol–water partition coefficient (Wildman–Crippen LogP) is 3.45. The Balaban J connectivity index is 2.05. The van der Waals surface area contributed by atoms with Gasteiger partial charge in [-0.2, -0.15) is 0 Å². The van der Waals surface area contributed by atoms with Crippen LogP contribution < -0.4 is 10.6 Å². The number of halogens is 1. The van der Waals surface area contributed by atoms with Gasteiger partial charge in [0, 0.05) is 10.7 Å². The van der Waals surface area contributed by atoms with Crippen LogP contribution in [0.5, 0.6) is 0 Å². The topological polar surface area (TPSA) is 91.3 Å². The van der Waals surface area contributed by atoms with E-state index in [1.54, 1.807) is 31.2 Å². The summed E-state index contributed by atoms with van der Waals surface area (Å²) in [6, 6.07) is 6.15. The summed E-state index contributed by atoms with van der Waals surface area (Å²) in [4.78, 5) is 26.7. The summed E-state index contributed by atoms with van der Waals surface area (Å²) < 4.78 is 0. The van der Waals surface area contributed by atoms with Crippen molar-refractivity contribution in [1.29, 1.82) is 0 Å². The molecular formula is C12H10ClN3O3S. The van der Waals surface area contributed by atoms with Crippen molar-refractivity contribution in [2.24, 2.45) is 0 Å². The molecule has 0 fully saturated rings. The summed E-state index contributed by atoms with van der Waals surface area (Å²) >= 11 is 6.70. The van der Waals surface area contributed by atoms with Gasteiger partial charge in [0.1, 0.15) is 4.88 Å². The molecule has 2 rings (SSSR count). The second-order valence-electron chi connectivity index (χ2n) is 3.83. The van der Waals surface area contributed by atoms with Gasteiger partial charge in [-0.1, -0.05) is 29.0 Å². The van der Waals surface area contributed by atoms with Gasteiger partial charge in [0.2, 0.25) is 0 Å². The molecule has 0 aliphatic rings. The molecular weight excluding hydrogens is 302 g/mol. The summed E-state index contributed by atoms with van der Waals surface area (Å²) in [6.45, 7) is 1.57. The second kappa shape index (κ2) is 5.89. The van der Waals surface area contributed by atoms with E-state index in [0.717, 1.165) is 11.3 Å². The number of thiazole rings is 1. The number of benzene rings is 1. The molecule has 2 aromatic rings. The van der Waals surface area contributed by atoms with Crippen LogP contribution in [0.1, 0.15) is 15.4 Å². The maximum Gasteiger partial charge on any atom is 0.347 e. The SMILES string of the molecule is Cc1nc(NC(=O)Nc2cccc(Cl)c2)sc1C(=O)O. The van der Waals surface area contributed by atoms with Crippen molar-refractivity contribution in [3.05, 3.63) is 39.9 Å². The highest BCUT2D eigenvalue weighted by molar-refractivity contribution is 7.17. The van der Waals surface area contributed by atoms with Crippen molar-refractivity contribution in [3.63, 3.8) is 0 Å². The molecule has 0 saturated carbocycles. The molecule has 0 atom stereocenters. The average molecular weight is 312 g/mol. The highest BCUT2D eigenvalue weighted by Crippen LogP contribution is 2.22. The van der Waals surface area contributed by atoms with Crippen molar-refractivity contribution in [3.8, 4) is 0 Å². The quantitative estimate of drug-likeness (QED) is 0.809. The minimum Gasteiger partial charge on any atom is -0.477 e. The number of carbonyl (C=O) groups excluding carboxylic acids is 1. The minimum atomic E-state index is -1.07. The first kappa shape index (κ1) is 14.3. The number of nitrogens with zero attached hydrogens (tertiary/aromatic N) is 1. The normalized spacial score (nSPS) is 10.1. The van der Waals surface area contributed by atoms with Gasteiger partial charge in [-0.15, -0.1) is 0 Å². The number of rotatable bonds is 3. The fourth-order valence-corrected chi connectivity index (χ4v) is 2.46. The van der Waals surface area contributed by atoms with Gasteiger partial charge >= 0.3 is 12.0 Å². The molecule has 1 aromatic carbocycles. The first-order chi connectivity index (χ1) is 9.45. The zero-order chi connectivity index (χ0) is 14.7. The number of aromatic carboxylic acids is 1. The zero-order valence-corrected chi connectivity index (χ0v) is 11.9. The van der Waals surface area contributed by atoms with Crippen molar-refractivity contribution < 1.29 is 14.7 Å². The molecule has 3 N–H and O–H groups in total. The fourth-order valence-electron chi connectivity index (χ4n) is 1.47. The smallest absolute Gasteiger partial charge is 0.347 e. The number of nitrogens with one attached hydrogen (secondary N) is 2. The van der Waals surface area contributed by atoms with Crippen LogP contribution >= 0.6 is 22.9 Å². The molecule has 0 aliphatic heterocycles. The number of aromatic nitrogens is 1. The van der Waals surface area contributed by atoms with E-state index in [0.29, 0.717) is 16.4 Å². The van der Waals surface area contributed by atoms with Crippen LogP contribution in [0.3, 0.4) is 0 Å². The van der Waals surface area contributed by atoms with Crippen molar-refractivity contribution in [1.82, 2.24) is 4.98 Å². The van der Waals surface area contributed by atoms with E-state index in [2.05, 4.69) is 15.6 Å². The number of amides is 2. The lowest BCUT2D eigenvalue weighted by Gasteiger charge is -2.05. The number of carboxylic acids is 1. The zero-order valence-electron chi connectivity index (χ0n) is 10.3. The van der Waals surface area contributed by atoms with E-state index in [1.165, 1.54) is 0 Å². The third-order valence-corrected chi connectivity index (χ3v) is 3.59. The molecule has 0 radical (unpaired) electrons. The number of urea groups is 1. The number of hydrogen-bond donors (Lipinski definition) is 3. The van der Waals surface area contributed by atoms with Gasteiger partial charge in [-0.3, -0.25) is 5.32 Å². The van der Waals surface area contributed by atoms with Crippen LogP contribution in [0.2, 0.25) is 5.02 Å². The Labute approximate surface area is 123 Å². The average Bonchev–Trinajstić information content (AvgIpc) is 2.70. The van der Waals surface area contributed by atoms with E-state index in [-0.39, 0.29) is 10.0 Å². The number of hydrogen-bond acceptors (Lipinski definition) is 4. The van der Waals surface area contributed by atoms with Crippen LogP contribution in [-0.4, -0.2) is 22.1 Å². The van der Waals surface area contributed by atoms with Gasteiger partial charge < -0.3 is 10.4 Å². The van der Waals surface area contributed by atoms with Gasteiger partial charge in [-0.25, -0.2) is 14.6 Å². The summed E-state index contributed by atoms with van der Waals surface area (Å²) in [6.07, 6.45) is 0. The maximum atomic E-state index is 11.7. The number of carbonyl (C=O) groups is 2. The summed E-state index contributed by atoms with van der Waals surface area (Å²) in [5.74, 6) is -1.07. The fraction of sp³-hybridized carbons (Fsp3) is 0.0833. The highest BCUT2D eigenvalue weighted by atomic mass is 35.5. The lowest BCUT2D eigenvalue weighted by atomic mass is 10.3. The highest BCUT2D eigenvalue weighted by Gasteiger charge is 2.15. The first-order valence-electron chi connectivity index (χ1n) is 5.50. The van der Waals surface area contributed by atoms with Gasteiger partial charge in [-0.05, 0) is 25.1 Å². The molecule has 8 heteroatoms. The third-order valence-electron chi connectivity index (χ3n) is 2.29. The van der Waals surface area contributed by atoms with E-state index in [4.69, 9.17) is 16.7 Å². The number of aryl methyl sites for hydroxylation is 1. The molecule has 0 unspecified atom stereocenters. The third kappa shape index (κ3) is 3.46. The van der Waals surface area contributed by atoms with Gasteiger partial charge in [0.25, 0.3) is 0 Å². The largest absolute Gasteiger partial charge is 0.477 e. The monoisotopic (exact) mass is 311 g/mol. The van der Waals surface area contributed by atoms with Crippen LogP contribution in [-0.2, 0) is 0 Å². The molecule has 0 saturated heterocycles. The molecule has 20 heavy (non-hydrogen) atoms.